The number of halogens is 1. The SMILES string of the molecule is CCn1nccc1C(C)Nc1cnn(-c2ncccc2F)c1. The van der Waals surface area contributed by atoms with Crippen LogP contribution in [0.15, 0.2) is 43.0 Å². The number of aromatic nitrogens is 5. The van der Waals surface area contributed by atoms with Crippen LogP contribution in [0.4, 0.5) is 10.1 Å². The van der Waals surface area contributed by atoms with Gasteiger partial charge in [-0.2, -0.15) is 10.2 Å². The standard InChI is InChI=1S/C15H17FN6/c1-3-21-14(6-8-18-21)11(2)20-12-9-19-22(10-12)15-13(16)5-4-7-17-15/h4-11,20H,3H2,1-2H3. The van der Waals surface area contributed by atoms with E-state index in [0.717, 1.165) is 17.9 Å². The molecule has 0 spiro atoms. The number of hydrogen-bond acceptors (Lipinski definition) is 4. The number of nitrogens with one attached hydrogen (secondary N) is 1. The van der Waals surface area contributed by atoms with Gasteiger partial charge in [-0.05, 0) is 32.0 Å². The minimum atomic E-state index is -0.408. The fourth-order valence-corrected chi connectivity index (χ4v) is 2.36. The van der Waals surface area contributed by atoms with Crippen LogP contribution in [-0.2, 0) is 6.54 Å². The summed E-state index contributed by atoms with van der Waals surface area (Å²) < 4.78 is 17.1. The van der Waals surface area contributed by atoms with E-state index in [-0.39, 0.29) is 11.9 Å². The molecule has 0 radical (unpaired) electrons. The highest BCUT2D eigenvalue weighted by Gasteiger charge is 2.12. The molecule has 0 aliphatic rings. The molecule has 114 valence electrons. The van der Waals surface area contributed by atoms with E-state index in [4.69, 9.17) is 0 Å². The third-order valence-electron chi connectivity index (χ3n) is 3.41. The molecule has 0 aliphatic heterocycles. The lowest BCUT2D eigenvalue weighted by Gasteiger charge is -2.14. The molecule has 3 aromatic rings. The lowest BCUT2D eigenvalue weighted by atomic mass is 10.2. The molecule has 3 rings (SSSR count). The maximum atomic E-state index is 13.7. The molecule has 22 heavy (non-hydrogen) atoms. The number of rotatable bonds is 5. The first-order valence-corrected chi connectivity index (χ1v) is 7.13. The Labute approximate surface area is 127 Å². The molecule has 3 aromatic heterocycles. The van der Waals surface area contributed by atoms with E-state index >= 15 is 0 Å². The Bertz CT molecular complexity index is 763. The molecule has 3 heterocycles. The van der Waals surface area contributed by atoms with Gasteiger partial charge < -0.3 is 5.32 Å². The normalized spacial score (nSPS) is 12.3. The van der Waals surface area contributed by atoms with Crippen molar-refractivity contribution in [2.75, 3.05) is 5.32 Å². The van der Waals surface area contributed by atoms with Gasteiger partial charge in [0.2, 0.25) is 0 Å². The van der Waals surface area contributed by atoms with Gasteiger partial charge in [0.15, 0.2) is 11.6 Å². The van der Waals surface area contributed by atoms with Gasteiger partial charge in [0.25, 0.3) is 0 Å². The lowest BCUT2D eigenvalue weighted by Crippen LogP contribution is -2.12. The molecule has 1 N–H and O–H groups in total. The molecule has 1 unspecified atom stereocenters. The molecule has 0 saturated carbocycles. The van der Waals surface area contributed by atoms with Crippen molar-refractivity contribution < 1.29 is 4.39 Å². The summed E-state index contributed by atoms with van der Waals surface area (Å²) in [5.74, 6) is -0.226. The first-order valence-electron chi connectivity index (χ1n) is 7.13. The monoisotopic (exact) mass is 300 g/mol. The zero-order valence-electron chi connectivity index (χ0n) is 12.4. The summed E-state index contributed by atoms with van der Waals surface area (Å²) in [5, 5.41) is 11.7. The Kier molecular flexibility index (Phi) is 3.86. The zero-order chi connectivity index (χ0) is 15.5. The third-order valence-corrected chi connectivity index (χ3v) is 3.41. The summed E-state index contributed by atoms with van der Waals surface area (Å²) in [6.45, 7) is 4.90. The Hall–Kier alpha value is -2.70. The molecule has 0 aliphatic carbocycles. The van der Waals surface area contributed by atoms with E-state index < -0.39 is 5.82 Å². The number of hydrogen-bond donors (Lipinski definition) is 1. The highest BCUT2D eigenvalue weighted by Crippen LogP contribution is 2.19. The van der Waals surface area contributed by atoms with E-state index in [9.17, 15) is 4.39 Å². The average Bonchev–Trinajstić information content (AvgIpc) is 3.16. The summed E-state index contributed by atoms with van der Waals surface area (Å²) in [7, 11) is 0. The molecule has 0 aromatic carbocycles. The summed E-state index contributed by atoms with van der Waals surface area (Å²) in [6.07, 6.45) is 6.69. The first-order chi connectivity index (χ1) is 10.7. The second-order valence-electron chi connectivity index (χ2n) is 4.92. The predicted molar refractivity (Wildman–Crippen MR) is 81.3 cm³/mol. The summed E-state index contributed by atoms with van der Waals surface area (Å²) in [5.41, 5.74) is 1.88. The highest BCUT2D eigenvalue weighted by atomic mass is 19.1. The van der Waals surface area contributed by atoms with Crippen LogP contribution in [0.25, 0.3) is 5.82 Å². The molecule has 0 fully saturated rings. The quantitative estimate of drug-likeness (QED) is 0.787. The maximum absolute atomic E-state index is 13.7. The van der Waals surface area contributed by atoms with Gasteiger partial charge in [-0.3, -0.25) is 4.68 Å². The van der Waals surface area contributed by atoms with Gasteiger partial charge in [-0.15, -0.1) is 0 Å². The fourth-order valence-electron chi connectivity index (χ4n) is 2.36. The van der Waals surface area contributed by atoms with Crippen LogP contribution in [0.2, 0.25) is 0 Å². The number of nitrogens with zero attached hydrogens (tertiary/aromatic N) is 5. The summed E-state index contributed by atoms with van der Waals surface area (Å²) in [6, 6.07) is 4.95. The zero-order valence-corrected chi connectivity index (χ0v) is 12.4. The average molecular weight is 300 g/mol. The first kappa shape index (κ1) is 14.2. The lowest BCUT2D eigenvalue weighted by molar-refractivity contribution is 0.600. The molecule has 1 atom stereocenters. The summed E-state index contributed by atoms with van der Waals surface area (Å²) in [4.78, 5) is 4.00. The van der Waals surface area contributed by atoms with Crippen LogP contribution in [0.1, 0.15) is 25.6 Å². The molecule has 0 saturated heterocycles. The topological polar surface area (TPSA) is 60.6 Å². The van der Waals surface area contributed by atoms with E-state index in [1.807, 2.05) is 24.6 Å². The Balaban J connectivity index is 1.79. The number of aryl methyl sites for hydroxylation is 1. The molecule has 7 heteroatoms. The van der Waals surface area contributed by atoms with Crippen molar-refractivity contribution in [3.05, 3.63) is 54.5 Å². The van der Waals surface area contributed by atoms with Crippen molar-refractivity contribution >= 4 is 5.69 Å². The van der Waals surface area contributed by atoms with Crippen molar-refractivity contribution in [2.24, 2.45) is 0 Å². The van der Waals surface area contributed by atoms with Gasteiger partial charge in [-0.1, -0.05) is 0 Å². The van der Waals surface area contributed by atoms with E-state index in [1.165, 1.54) is 16.9 Å². The minimum Gasteiger partial charge on any atom is -0.374 e. The molecule has 6 nitrogen and oxygen atoms in total. The highest BCUT2D eigenvalue weighted by molar-refractivity contribution is 5.42. The minimum absolute atomic E-state index is 0.0636. The van der Waals surface area contributed by atoms with Crippen molar-refractivity contribution in [1.82, 2.24) is 24.5 Å². The van der Waals surface area contributed by atoms with Crippen LogP contribution in [0, 0.1) is 5.82 Å². The number of anilines is 1. The largest absolute Gasteiger partial charge is 0.374 e. The van der Waals surface area contributed by atoms with Crippen molar-refractivity contribution in [3.8, 4) is 5.82 Å². The van der Waals surface area contributed by atoms with Crippen LogP contribution < -0.4 is 5.32 Å². The Morgan fingerprint density at radius 2 is 2.14 bits per heavy atom. The van der Waals surface area contributed by atoms with E-state index in [0.29, 0.717) is 0 Å². The Morgan fingerprint density at radius 1 is 1.27 bits per heavy atom. The van der Waals surface area contributed by atoms with E-state index in [1.54, 1.807) is 24.7 Å². The van der Waals surface area contributed by atoms with Gasteiger partial charge in [-0.25, -0.2) is 14.1 Å². The van der Waals surface area contributed by atoms with Gasteiger partial charge in [0, 0.05) is 18.9 Å². The van der Waals surface area contributed by atoms with Crippen molar-refractivity contribution in [1.29, 1.82) is 0 Å². The van der Waals surface area contributed by atoms with Crippen LogP contribution in [-0.4, -0.2) is 24.5 Å². The van der Waals surface area contributed by atoms with E-state index in [2.05, 4.69) is 20.5 Å². The van der Waals surface area contributed by atoms with Crippen molar-refractivity contribution in [3.63, 3.8) is 0 Å². The predicted octanol–water partition coefficient (Wildman–Crippen LogP) is 2.80. The summed E-state index contributed by atoms with van der Waals surface area (Å²) >= 11 is 0. The molecular formula is C15H17FN6. The van der Waals surface area contributed by atoms with Crippen molar-refractivity contribution in [2.45, 2.75) is 26.4 Å². The van der Waals surface area contributed by atoms with Crippen LogP contribution in [0.5, 0.6) is 0 Å². The van der Waals surface area contributed by atoms with Gasteiger partial charge in [0.05, 0.1) is 29.8 Å². The number of pyridine rings is 1. The maximum Gasteiger partial charge on any atom is 0.189 e. The third kappa shape index (κ3) is 2.69. The second kappa shape index (κ2) is 5.97. The van der Waals surface area contributed by atoms with Gasteiger partial charge in [0.1, 0.15) is 0 Å². The fraction of sp³-hybridized carbons (Fsp3) is 0.267. The smallest absolute Gasteiger partial charge is 0.189 e. The van der Waals surface area contributed by atoms with Crippen LogP contribution >= 0.6 is 0 Å². The molecule has 0 bridgehead atoms. The Morgan fingerprint density at radius 3 is 2.91 bits per heavy atom. The molecule has 0 amide bonds. The van der Waals surface area contributed by atoms with Gasteiger partial charge >= 0.3 is 0 Å². The van der Waals surface area contributed by atoms with Crippen LogP contribution in [0.3, 0.4) is 0 Å². The molecular weight excluding hydrogens is 283 g/mol. The second-order valence-corrected chi connectivity index (χ2v) is 4.92.